The topological polar surface area (TPSA) is 76.5 Å². The molecule has 2 aliphatic rings. The number of hydrogen-bond donors (Lipinski definition) is 1. The maximum Gasteiger partial charge on any atom is 0.291 e. The SMILES string of the molecule is CC(C)Oc1ccc(CN2C(=O)c3nc4ccccc4n3C[C@]2(C)C(=O)NC2CCCC2)cc1. The number of hydrogen-bond acceptors (Lipinski definition) is 4. The summed E-state index contributed by atoms with van der Waals surface area (Å²) in [4.78, 5) is 33.8. The van der Waals surface area contributed by atoms with E-state index in [9.17, 15) is 9.59 Å². The van der Waals surface area contributed by atoms with Crippen LogP contribution in [0.3, 0.4) is 0 Å². The largest absolute Gasteiger partial charge is 0.491 e. The molecule has 0 radical (unpaired) electrons. The second kappa shape index (κ2) is 8.78. The van der Waals surface area contributed by atoms with Crippen LogP contribution in [0.4, 0.5) is 0 Å². The summed E-state index contributed by atoms with van der Waals surface area (Å²) in [6.45, 7) is 6.53. The Morgan fingerprint density at radius 3 is 2.56 bits per heavy atom. The van der Waals surface area contributed by atoms with E-state index in [2.05, 4.69) is 10.3 Å². The van der Waals surface area contributed by atoms with Gasteiger partial charge >= 0.3 is 0 Å². The zero-order chi connectivity index (χ0) is 23.9. The fourth-order valence-corrected chi connectivity index (χ4v) is 5.12. The number of carbonyl (C=O) groups excluding carboxylic acids is 2. The summed E-state index contributed by atoms with van der Waals surface area (Å²) in [7, 11) is 0. The highest BCUT2D eigenvalue weighted by molar-refractivity contribution is 6.01. The predicted molar refractivity (Wildman–Crippen MR) is 131 cm³/mol. The molecule has 5 rings (SSSR count). The van der Waals surface area contributed by atoms with Crippen molar-refractivity contribution in [3.05, 3.63) is 59.9 Å². The first-order chi connectivity index (χ1) is 16.3. The highest BCUT2D eigenvalue weighted by Crippen LogP contribution is 2.33. The molecule has 2 aromatic carbocycles. The number of fused-ring (bicyclic) bond motifs is 3. The van der Waals surface area contributed by atoms with Crippen molar-refractivity contribution in [1.82, 2.24) is 19.8 Å². The summed E-state index contributed by atoms with van der Waals surface area (Å²) >= 11 is 0. The van der Waals surface area contributed by atoms with Crippen LogP contribution in [0.1, 0.15) is 62.6 Å². The Balaban J connectivity index is 1.50. The molecule has 1 fully saturated rings. The van der Waals surface area contributed by atoms with Crippen LogP contribution in [-0.4, -0.2) is 44.0 Å². The molecule has 0 saturated heterocycles. The molecule has 178 valence electrons. The van der Waals surface area contributed by atoms with E-state index in [0.717, 1.165) is 48.0 Å². The van der Waals surface area contributed by atoms with Gasteiger partial charge in [-0.2, -0.15) is 0 Å². The third-order valence-electron chi connectivity index (χ3n) is 6.97. The molecule has 0 bridgehead atoms. The molecular formula is C27H32N4O3. The van der Waals surface area contributed by atoms with Gasteiger partial charge in [0.15, 0.2) is 5.82 Å². The lowest BCUT2D eigenvalue weighted by Gasteiger charge is -2.44. The van der Waals surface area contributed by atoms with Gasteiger partial charge in [-0.05, 0) is 63.4 Å². The summed E-state index contributed by atoms with van der Waals surface area (Å²) in [5.41, 5.74) is 1.54. The number of nitrogens with one attached hydrogen (secondary N) is 1. The second-order valence-electron chi connectivity index (χ2n) is 9.94. The summed E-state index contributed by atoms with van der Waals surface area (Å²) < 4.78 is 7.66. The Labute approximate surface area is 200 Å². The van der Waals surface area contributed by atoms with Crippen molar-refractivity contribution in [3.63, 3.8) is 0 Å². The Kier molecular flexibility index (Phi) is 5.80. The average Bonchev–Trinajstić information content (AvgIpc) is 3.45. The third-order valence-corrected chi connectivity index (χ3v) is 6.97. The zero-order valence-corrected chi connectivity index (χ0v) is 20.1. The molecule has 1 aliphatic heterocycles. The average molecular weight is 461 g/mol. The molecule has 2 heterocycles. The molecule has 3 aromatic rings. The molecule has 7 heteroatoms. The fraction of sp³-hybridized carbons (Fsp3) is 0.444. The lowest BCUT2D eigenvalue weighted by Crippen LogP contribution is -2.64. The minimum absolute atomic E-state index is 0.0880. The van der Waals surface area contributed by atoms with Gasteiger partial charge in [0.1, 0.15) is 11.3 Å². The molecular weight excluding hydrogens is 428 g/mol. The number of carbonyl (C=O) groups is 2. The molecule has 1 aliphatic carbocycles. The Morgan fingerprint density at radius 2 is 1.85 bits per heavy atom. The highest BCUT2D eigenvalue weighted by atomic mass is 16.5. The van der Waals surface area contributed by atoms with Gasteiger partial charge in [0.05, 0.1) is 23.7 Å². The van der Waals surface area contributed by atoms with E-state index in [-0.39, 0.29) is 24.0 Å². The van der Waals surface area contributed by atoms with Gasteiger partial charge in [0.2, 0.25) is 5.91 Å². The van der Waals surface area contributed by atoms with Crippen molar-refractivity contribution in [2.75, 3.05) is 0 Å². The van der Waals surface area contributed by atoms with Crippen LogP contribution in [0.25, 0.3) is 11.0 Å². The van der Waals surface area contributed by atoms with Crippen LogP contribution < -0.4 is 10.1 Å². The molecule has 34 heavy (non-hydrogen) atoms. The van der Waals surface area contributed by atoms with E-state index >= 15 is 0 Å². The van der Waals surface area contributed by atoms with Crippen molar-refractivity contribution in [2.45, 2.75) is 77.2 Å². The summed E-state index contributed by atoms with van der Waals surface area (Å²) in [6.07, 6.45) is 4.33. The molecule has 1 saturated carbocycles. The first-order valence-electron chi connectivity index (χ1n) is 12.2. The predicted octanol–water partition coefficient (Wildman–Crippen LogP) is 4.30. The summed E-state index contributed by atoms with van der Waals surface area (Å²) in [5.74, 6) is 0.837. The van der Waals surface area contributed by atoms with Crippen LogP contribution in [0, 0.1) is 0 Å². The van der Waals surface area contributed by atoms with Gasteiger partial charge in [0, 0.05) is 12.6 Å². The summed E-state index contributed by atoms with van der Waals surface area (Å²) in [5, 5.41) is 3.24. The van der Waals surface area contributed by atoms with Crippen molar-refractivity contribution in [1.29, 1.82) is 0 Å². The summed E-state index contributed by atoms with van der Waals surface area (Å²) in [6, 6.07) is 15.6. The van der Waals surface area contributed by atoms with Gasteiger partial charge in [-0.3, -0.25) is 9.59 Å². The highest BCUT2D eigenvalue weighted by Gasteiger charge is 2.48. The Hall–Kier alpha value is -3.35. The molecule has 2 amide bonds. The molecule has 0 spiro atoms. The van der Waals surface area contributed by atoms with Crippen LogP contribution in [0.5, 0.6) is 5.75 Å². The number of imidazole rings is 1. The smallest absolute Gasteiger partial charge is 0.291 e. The van der Waals surface area contributed by atoms with E-state index in [0.29, 0.717) is 18.9 Å². The Morgan fingerprint density at radius 1 is 1.15 bits per heavy atom. The lowest BCUT2D eigenvalue weighted by molar-refractivity contribution is -0.133. The van der Waals surface area contributed by atoms with Crippen molar-refractivity contribution in [3.8, 4) is 5.75 Å². The molecule has 1 N–H and O–H groups in total. The quantitative estimate of drug-likeness (QED) is 0.595. The zero-order valence-electron chi connectivity index (χ0n) is 20.1. The van der Waals surface area contributed by atoms with Gasteiger partial charge in [-0.25, -0.2) is 4.98 Å². The van der Waals surface area contributed by atoms with E-state index in [1.54, 1.807) is 4.90 Å². The van der Waals surface area contributed by atoms with Gasteiger partial charge in [-0.1, -0.05) is 37.1 Å². The van der Waals surface area contributed by atoms with Gasteiger partial charge in [-0.15, -0.1) is 0 Å². The van der Waals surface area contributed by atoms with E-state index in [1.165, 1.54) is 0 Å². The normalized spacial score (nSPS) is 20.7. The number of nitrogens with zero attached hydrogens (tertiary/aromatic N) is 3. The maximum absolute atomic E-state index is 13.8. The molecule has 0 unspecified atom stereocenters. The number of ether oxygens (including phenoxy) is 1. The van der Waals surface area contributed by atoms with Crippen LogP contribution >= 0.6 is 0 Å². The standard InChI is InChI=1S/C27H32N4O3/c1-18(2)34-21-14-12-19(13-15-21)16-31-25(32)24-29-22-10-6-7-11-23(22)30(24)17-27(31,3)26(33)28-20-8-4-5-9-20/h6-7,10-15,18,20H,4-5,8-9,16-17H2,1-3H3,(H,28,33)/t27-/m1/s1. The van der Waals surface area contributed by atoms with Crippen molar-refractivity contribution >= 4 is 22.8 Å². The van der Waals surface area contributed by atoms with Crippen LogP contribution in [0.2, 0.25) is 0 Å². The van der Waals surface area contributed by atoms with Crippen LogP contribution in [-0.2, 0) is 17.9 Å². The first kappa shape index (κ1) is 22.4. The number of para-hydroxylation sites is 2. The van der Waals surface area contributed by atoms with Crippen molar-refractivity contribution in [2.24, 2.45) is 0 Å². The number of benzene rings is 2. The molecule has 1 atom stereocenters. The fourth-order valence-electron chi connectivity index (χ4n) is 5.12. The minimum atomic E-state index is -1.04. The second-order valence-corrected chi connectivity index (χ2v) is 9.94. The number of rotatable bonds is 6. The van der Waals surface area contributed by atoms with E-state index in [4.69, 9.17) is 4.74 Å². The third kappa shape index (κ3) is 4.04. The first-order valence-corrected chi connectivity index (χ1v) is 12.2. The van der Waals surface area contributed by atoms with Crippen molar-refractivity contribution < 1.29 is 14.3 Å². The molecule has 7 nitrogen and oxygen atoms in total. The van der Waals surface area contributed by atoms with Crippen LogP contribution in [0.15, 0.2) is 48.5 Å². The minimum Gasteiger partial charge on any atom is -0.491 e. The van der Waals surface area contributed by atoms with E-state index in [1.807, 2.05) is 73.9 Å². The van der Waals surface area contributed by atoms with Gasteiger partial charge < -0.3 is 19.5 Å². The lowest BCUT2D eigenvalue weighted by atomic mass is 9.93. The molecule has 1 aromatic heterocycles. The monoisotopic (exact) mass is 460 g/mol. The maximum atomic E-state index is 13.8. The number of aromatic nitrogens is 2. The van der Waals surface area contributed by atoms with Gasteiger partial charge in [0.25, 0.3) is 5.91 Å². The van der Waals surface area contributed by atoms with E-state index < -0.39 is 5.54 Å². The Bertz CT molecular complexity index is 1210. The number of amides is 2.